The Morgan fingerprint density at radius 1 is 1.33 bits per heavy atom. The molecule has 2 aliphatic heterocycles. The van der Waals surface area contributed by atoms with Crippen LogP contribution in [0.1, 0.15) is 41.7 Å². The number of piperidine rings is 1. The van der Waals surface area contributed by atoms with Gasteiger partial charge in [0.1, 0.15) is 12.4 Å². The second kappa shape index (κ2) is 9.39. The standard InChI is InChI=1S/C25H29N5O2S/c1-4-20-15-33-24(27-20)12-21-14-32-28-25-19(6-5-9-30(21)25)10-18-7-8-22(23(11-18)31-3)29-13-17(2)26-16-29/h7-8,10-11,13,15-16,21H,4-6,9,12,14H2,1-3H3/t21-/m0/s1. The molecular formula is C25H29N5O2S. The number of rotatable bonds is 6. The second-order valence-electron chi connectivity index (χ2n) is 8.47. The summed E-state index contributed by atoms with van der Waals surface area (Å²) in [6, 6.07) is 6.52. The summed E-state index contributed by atoms with van der Waals surface area (Å²) in [6.45, 7) is 5.73. The van der Waals surface area contributed by atoms with Gasteiger partial charge in [0.25, 0.3) is 0 Å². The van der Waals surface area contributed by atoms with Gasteiger partial charge in [-0.15, -0.1) is 11.3 Å². The molecule has 0 N–H and O–H groups in total. The summed E-state index contributed by atoms with van der Waals surface area (Å²) >= 11 is 1.75. The van der Waals surface area contributed by atoms with Crippen LogP contribution in [0.25, 0.3) is 11.8 Å². The maximum absolute atomic E-state index is 5.70. The molecule has 0 amide bonds. The molecule has 0 spiro atoms. The zero-order valence-corrected chi connectivity index (χ0v) is 20.1. The molecule has 0 aliphatic carbocycles. The van der Waals surface area contributed by atoms with Crippen LogP contribution in [0.4, 0.5) is 0 Å². The number of methoxy groups -OCH3 is 1. The molecule has 5 rings (SSSR count). The van der Waals surface area contributed by atoms with Crippen molar-refractivity contribution in [3.8, 4) is 11.4 Å². The lowest BCUT2D eigenvalue weighted by Gasteiger charge is -2.39. The molecular weight excluding hydrogens is 434 g/mol. The molecule has 2 aliphatic rings. The third-order valence-corrected chi connectivity index (χ3v) is 7.09. The van der Waals surface area contributed by atoms with E-state index in [1.54, 1.807) is 18.4 Å². The van der Waals surface area contributed by atoms with Crippen LogP contribution in [0.15, 0.2) is 46.8 Å². The molecule has 4 heterocycles. The summed E-state index contributed by atoms with van der Waals surface area (Å²) in [7, 11) is 1.70. The average molecular weight is 464 g/mol. The van der Waals surface area contributed by atoms with Crippen molar-refractivity contribution in [2.75, 3.05) is 20.3 Å². The maximum Gasteiger partial charge on any atom is 0.171 e. The van der Waals surface area contributed by atoms with E-state index < -0.39 is 0 Å². The Hall–Kier alpha value is -3.13. The summed E-state index contributed by atoms with van der Waals surface area (Å²) in [4.78, 5) is 17.2. The third kappa shape index (κ3) is 4.53. The van der Waals surface area contributed by atoms with Gasteiger partial charge in [-0.05, 0) is 55.5 Å². The van der Waals surface area contributed by atoms with Gasteiger partial charge in [0.2, 0.25) is 0 Å². The van der Waals surface area contributed by atoms with Crippen LogP contribution in [0.2, 0.25) is 0 Å². The predicted molar refractivity (Wildman–Crippen MR) is 131 cm³/mol. The highest BCUT2D eigenvalue weighted by molar-refractivity contribution is 7.09. The minimum atomic E-state index is 0.262. The molecule has 0 unspecified atom stereocenters. The number of thiazole rings is 1. The lowest BCUT2D eigenvalue weighted by Crippen LogP contribution is -2.50. The maximum atomic E-state index is 5.70. The fraction of sp³-hybridized carbons (Fsp3) is 0.400. The Kier molecular flexibility index (Phi) is 6.17. The molecule has 0 bridgehead atoms. The molecule has 172 valence electrons. The van der Waals surface area contributed by atoms with Gasteiger partial charge in [-0.1, -0.05) is 18.1 Å². The third-order valence-electron chi connectivity index (χ3n) is 6.17. The zero-order valence-electron chi connectivity index (χ0n) is 19.3. The van der Waals surface area contributed by atoms with Gasteiger partial charge >= 0.3 is 0 Å². The number of oxime groups is 1. The first-order chi connectivity index (χ1) is 16.1. The summed E-state index contributed by atoms with van der Waals surface area (Å²) in [5.74, 6) is 1.77. The Labute approximate surface area is 198 Å². The Bertz CT molecular complexity index is 1200. The average Bonchev–Trinajstić information content (AvgIpc) is 3.48. The molecule has 33 heavy (non-hydrogen) atoms. The molecule has 0 saturated carbocycles. The summed E-state index contributed by atoms with van der Waals surface area (Å²) < 4.78 is 7.68. The van der Waals surface area contributed by atoms with Crippen LogP contribution >= 0.6 is 11.3 Å². The van der Waals surface area contributed by atoms with Gasteiger partial charge in [0.05, 0.1) is 41.6 Å². The fourth-order valence-corrected chi connectivity index (χ4v) is 5.40. The molecule has 3 aromatic rings. The lowest BCUT2D eigenvalue weighted by molar-refractivity contribution is 0.0579. The highest BCUT2D eigenvalue weighted by Gasteiger charge is 2.32. The topological polar surface area (TPSA) is 64.8 Å². The summed E-state index contributed by atoms with van der Waals surface area (Å²) in [6.07, 6.45) is 9.96. The van der Waals surface area contributed by atoms with Gasteiger partial charge in [-0.25, -0.2) is 9.97 Å². The molecule has 7 nitrogen and oxygen atoms in total. The largest absolute Gasteiger partial charge is 0.495 e. The van der Waals surface area contributed by atoms with Crippen molar-refractivity contribution in [1.82, 2.24) is 19.4 Å². The van der Waals surface area contributed by atoms with Crippen molar-refractivity contribution >= 4 is 23.2 Å². The number of nitrogens with zero attached hydrogens (tertiary/aromatic N) is 5. The van der Waals surface area contributed by atoms with Crippen molar-refractivity contribution in [1.29, 1.82) is 0 Å². The Balaban J connectivity index is 1.39. The van der Waals surface area contributed by atoms with Gasteiger partial charge in [-0.2, -0.15) is 0 Å². The van der Waals surface area contributed by atoms with E-state index in [0.717, 1.165) is 60.8 Å². The van der Waals surface area contributed by atoms with Crippen LogP contribution in [-0.4, -0.2) is 51.6 Å². The minimum Gasteiger partial charge on any atom is -0.495 e. The summed E-state index contributed by atoms with van der Waals surface area (Å²) in [5.41, 5.74) is 5.40. The molecule has 8 heteroatoms. The van der Waals surface area contributed by atoms with Gasteiger partial charge in [0.15, 0.2) is 5.84 Å². The van der Waals surface area contributed by atoms with Crippen molar-refractivity contribution in [3.63, 3.8) is 0 Å². The molecule has 1 fully saturated rings. The number of imidazole rings is 1. The number of ether oxygens (including phenoxy) is 1. The number of hydrogen-bond donors (Lipinski definition) is 0. The number of aryl methyl sites for hydroxylation is 2. The fourth-order valence-electron chi connectivity index (χ4n) is 4.45. The van der Waals surface area contributed by atoms with E-state index >= 15 is 0 Å². The number of benzene rings is 1. The van der Waals surface area contributed by atoms with E-state index in [-0.39, 0.29) is 6.04 Å². The SMILES string of the molecule is CCc1csc(C[C@H]2CON=C3C(=Cc4ccc(-n5cnc(C)c5)c(OC)c4)CCCN32)n1. The monoisotopic (exact) mass is 463 g/mol. The van der Waals surface area contributed by atoms with Crippen LogP contribution in [0, 0.1) is 6.92 Å². The van der Waals surface area contributed by atoms with Crippen molar-refractivity contribution < 1.29 is 9.57 Å². The Morgan fingerprint density at radius 3 is 3.00 bits per heavy atom. The molecule has 1 atom stereocenters. The normalized spacial score (nSPS) is 19.2. The molecule has 1 saturated heterocycles. The first-order valence-electron chi connectivity index (χ1n) is 11.4. The van der Waals surface area contributed by atoms with Crippen LogP contribution in [0.3, 0.4) is 0 Å². The highest BCUT2D eigenvalue weighted by Crippen LogP contribution is 2.30. The van der Waals surface area contributed by atoms with Crippen LogP contribution in [0.5, 0.6) is 5.75 Å². The Morgan fingerprint density at radius 2 is 2.24 bits per heavy atom. The van der Waals surface area contributed by atoms with Gasteiger partial charge in [0, 0.05) is 24.5 Å². The van der Waals surface area contributed by atoms with Gasteiger partial charge in [-0.3, -0.25) is 0 Å². The number of aromatic nitrogens is 3. The second-order valence-corrected chi connectivity index (χ2v) is 9.42. The first kappa shape index (κ1) is 21.7. The number of hydrogen-bond acceptors (Lipinski definition) is 7. The van der Waals surface area contributed by atoms with E-state index in [1.807, 2.05) is 24.0 Å². The minimum absolute atomic E-state index is 0.262. The van der Waals surface area contributed by atoms with Crippen molar-refractivity contribution in [2.24, 2.45) is 5.16 Å². The van der Waals surface area contributed by atoms with E-state index in [2.05, 4.69) is 51.6 Å². The highest BCUT2D eigenvalue weighted by atomic mass is 32.1. The lowest BCUT2D eigenvalue weighted by atomic mass is 9.97. The number of fused-ring (bicyclic) bond motifs is 1. The van der Waals surface area contributed by atoms with E-state index in [4.69, 9.17) is 14.6 Å². The van der Waals surface area contributed by atoms with Crippen LogP contribution < -0.4 is 4.74 Å². The van der Waals surface area contributed by atoms with Crippen LogP contribution in [-0.2, 0) is 17.7 Å². The zero-order chi connectivity index (χ0) is 22.8. The van der Waals surface area contributed by atoms with Crippen molar-refractivity contribution in [3.05, 3.63) is 63.6 Å². The first-order valence-corrected chi connectivity index (χ1v) is 12.3. The quantitative estimate of drug-likeness (QED) is 0.533. The van der Waals surface area contributed by atoms with E-state index in [0.29, 0.717) is 6.61 Å². The molecule has 1 aromatic carbocycles. The van der Waals surface area contributed by atoms with E-state index in [9.17, 15) is 0 Å². The summed E-state index contributed by atoms with van der Waals surface area (Å²) in [5, 5.41) is 7.80. The molecule has 2 aromatic heterocycles. The predicted octanol–water partition coefficient (Wildman–Crippen LogP) is 4.64. The van der Waals surface area contributed by atoms with Crippen molar-refractivity contribution in [2.45, 2.75) is 45.6 Å². The smallest absolute Gasteiger partial charge is 0.171 e. The van der Waals surface area contributed by atoms with E-state index in [1.165, 1.54) is 16.3 Å². The number of amidine groups is 1. The molecule has 0 radical (unpaired) electrons. The van der Waals surface area contributed by atoms with Gasteiger partial charge < -0.3 is 19.0 Å².